The summed E-state index contributed by atoms with van der Waals surface area (Å²) in [5, 5.41) is 4.20. The highest BCUT2D eigenvalue weighted by atomic mass is 35.5. The van der Waals surface area contributed by atoms with Gasteiger partial charge in [0.1, 0.15) is 5.75 Å². The Morgan fingerprint density at radius 3 is 2.67 bits per heavy atom. The molecular formula is C17H21ClN2O. The van der Waals surface area contributed by atoms with Crippen molar-refractivity contribution in [1.29, 1.82) is 0 Å². The van der Waals surface area contributed by atoms with Crippen molar-refractivity contribution >= 4 is 11.6 Å². The maximum atomic E-state index is 6.12. The van der Waals surface area contributed by atoms with E-state index in [4.69, 9.17) is 16.3 Å². The molecule has 3 nitrogen and oxygen atoms in total. The van der Waals surface area contributed by atoms with Crippen LogP contribution in [0.15, 0.2) is 36.5 Å². The Hall–Kier alpha value is -1.58. The summed E-state index contributed by atoms with van der Waals surface area (Å²) in [6, 6.07) is 10.2. The van der Waals surface area contributed by atoms with Crippen molar-refractivity contribution in [1.82, 2.24) is 10.3 Å². The zero-order valence-electron chi connectivity index (χ0n) is 12.7. The lowest BCUT2D eigenvalue weighted by Crippen LogP contribution is -2.23. The number of methoxy groups -OCH3 is 1. The van der Waals surface area contributed by atoms with Gasteiger partial charge in [0.25, 0.3) is 0 Å². The molecule has 0 bridgehead atoms. The standard InChI is InChI=1S/C17H21ClN2O/c1-4-8-20-17(14-7-9-19-12(2)10-14)13-5-6-15(18)16(11-13)21-3/h5-7,9-11,17,20H,4,8H2,1-3H3. The van der Waals surface area contributed by atoms with Crippen LogP contribution in [0.3, 0.4) is 0 Å². The van der Waals surface area contributed by atoms with Crippen LogP contribution in [-0.4, -0.2) is 18.6 Å². The highest BCUT2D eigenvalue weighted by Gasteiger charge is 2.15. The quantitative estimate of drug-likeness (QED) is 0.871. The minimum atomic E-state index is 0.109. The molecule has 4 heteroatoms. The number of aromatic nitrogens is 1. The van der Waals surface area contributed by atoms with E-state index in [0.29, 0.717) is 10.8 Å². The molecule has 1 aromatic carbocycles. The summed E-state index contributed by atoms with van der Waals surface area (Å²) in [4.78, 5) is 4.27. The second kappa shape index (κ2) is 7.43. The lowest BCUT2D eigenvalue weighted by atomic mass is 9.98. The number of pyridine rings is 1. The molecular weight excluding hydrogens is 284 g/mol. The second-order valence-electron chi connectivity index (χ2n) is 5.01. The Morgan fingerprint density at radius 2 is 2.00 bits per heavy atom. The number of rotatable bonds is 6. The SMILES string of the molecule is CCCNC(c1ccnc(C)c1)c1ccc(Cl)c(OC)c1. The molecule has 1 heterocycles. The van der Waals surface area contributed by atoms with Crippen LogP contribution in [-0.2, 0) is 0 Å². The molecule has 0 radical (unpaired) electrons. The third-order valence-electron chi connectivity index (χ3n) is 3.36. The van der Waals surface area contributed by atoms with Gasteiger partial charge < -0.3 is 10.1 Å². The van der Waals surface area contributed by atoms with E-state index in [1.54, 1.807) is 7.11 Å². The second-order valence-corrected chi connectivity index (χ2v) is 5.42. The van der Waals surface area contributed by atoms with Gasteiger partial charge in [0.05, 0.1) is 18.2 Å². The predicted octanol–water partition coefficient (Wildman–Crippen LogP) is 4.14. The van der Waals surface area contributed by atoms with E-state index < -0.39 is 0 Å². The first kappa shape index (κ1) is 15.8. The van der Waals surface area contributed by atoms with Gasteiger partial charge in [0.15, 0.2) is 0 Å². The van der Waals surface area contributed by atoms with E-state index in [1.165, 1.54) is 5.56 Å². The van der Waals surface area contributed by atoms with Gasteiger partial charge >= 0.3 is 0 Å². The van der Waals surface area contributed by atoms with Crippen LogP contribution in [0.4, 0.5) is 0 Å². The van der Waals surface area contributed by atoms with E-state index in [0.717, 1.165) is 24.2 Å². The lowest BCUT2D eigenvalue weighted by Gasteiger charge is -2.20. The predicted molar refractivity (Wildman–Crippen MR) is 87.1 cm³/mol. The summed E-state index contributed by atoms with van der Waals surface area (Å²) in [5.74, 6) is 0.697. The maximum Gasteiger partial charge on any atom is 0.137 e. The van der Waals surface area contributed by atoms with E-state index >= 15 is 0 Å². The molecule has 0 spiro atoms. The number of aryl methyl sites for hydroxylation is 1. The average Bonchev–Trinajstić information content (AvgIpc) is 2.49. The van der Waals surface area contributed by atoms with Crippen LogP contribution < -0.4 is 10.1 Å². The van der Waals surface area contributed by atoms with E-state index in [1.807, 2.05) is 37.4 Å². The number of nitrogens with one attached hydrogen (secondary N) is 1. The van der Waals surface area contributed by atoms with Gasteiger partial charge in [0, 0.05) is 11.9 Å². The van der Waals surface area contributed by atoms with E-state index in [2.05, 4.69) is 23.3 Å². The average molecular weight is 305 g/mol. The van der Waals surface area contributed by atoms with Gasteiger partial charge in [-0.15, -0.1) is 0 Å². The number of halogens is 1. The van der Waals surface area contributed by atoms with Crippen molar-refractivity contribution in [2.45, 2.75) is 26.3 Å². The lowest BCUT2D eigenvalue weighted by molar-refractivity contribution is 0.414. The third-order valence-corrected chi connectivity index (χ3v) is 3.67. The van der Waals surface area contributed by atoms with Crippen molar-refractivity contribution < 1.29 is 4.74 Å². The number of benzene rings is 1. The molecule has 1 aromatic heterocycles. The van der Waals surface area contributed by atoms with Crippen LogP contribution in [0.5, 0.6) is 5.75 Å². The first-order chi connectivity index (χ1) is 10.2. The molecule has 0 fully saturated rings. The van der Waals surface area contributed by atoms with Crippen molar-refractivity contribution in [2.24, 2.45) is 0 Å². The van der Waals surface area contributed by atoms with Crippen LogP contribution in [0.2, 0.25) is 5.02 Å². The molecule has 2 rings (SSSR count). The van der Waals surface area contributed by atoms with Crippen LogP contribution in [0, 0.1) is 6.92 Å². The molecule has 1 unspecified atom stereocenters. The number of hydrogen-bond acceptors (Lipinski definition) is 3. The van der Waals surface area contributed by atoms with Gasteiger partial charge in [-0.2, -0.15) is 0 Å². The minimum absolute atomic E-state index is 0.109. The Morgan fingerprint density at radius 1 is 1.24 bits per heavy atom. The third kappa shape index (κ3) is 3.96. The Kier molecular flexibility index (Phi) is 5.59. The highest BCUT2D eigenvalue weighted by molar-refractivity contribution is 6.32. The van der Waals surface area contributed by atoms with Crippen LogP contribution >= 0.6 is 11.6 Å². The van der Waals surface area contributed by atoms with Crippen LogP contribution in [0.1, 0.15) is 36.2 Å². The molecule has 0 saturated carbocycles. The number of ether oxygens (including phenoxy) is 1. The van der Waals surface area contributed by atoms with Gasteiger partial charge in [-0.3, -0.25) is 4.98 Å². The number of nitrogens with zero attached hydrogens (tertiary/aromatic N) is 1. The molecule has 2 aromatic rings. The zero-order valence-corrected chi connectivity index (χ0v) is 13.4. The molecule has 0 aliphatic heterocycles. The van der Waals surface area contributed by atoms with Gasteiger partial charge in [-0.1, -0.05) is 24.6 Å². The fraction of sp³-hybridized carbons (Fsp3) is 0.353. The normalized spacial score (nSPS) is 12.2. The number of hydrogen-bond donors (Lipinski definition) is 1. The molecule has 1 N–H and O–H groups in total. The smallest absolute Gasteiger partial charge is 0.137 e. The summed E-state index contributed by atoms with van der Waals surface area (Å²) < 4.78 is 5.33. The first-order valence-electron chi connectivity index (χ1n) is 7.15. The molecule has 0 saturated heterocycles. The maximum absolute atomic E-state index is 6.12. The molecule has 112 valence electrons. The van der Waals surface area contributed by atoms with Crippen molar-refractivity contribution in [3.8, 4) is 5.75 Å². The summed E-state index contributed by atoms with van der Waals surface area (Å²) in [5.41, 5.74) is 3.34. The Balaban J connectivity index is 2.40. The highest BCUT2D eigenvalue weighted by Crippen LogP contribution is 2.30. The largest absolute Gasteiger partial charge is 0.495 e. The summed E-state index contributed by atoms with van der Waals surface area (Å²) in [6.45, 7) is 5.10. The first-order valence-corrected chi connectivity index (χ1v) is 7.53. The summed E-state index contributed by atoms with van der Waals surface area (Å²) in [6.07, 6.45) is 2.92. The molecule has 0 aliphatic carbocycles. The summed E-state index contributed by atoms with van der Waals surface area (Å²) >= 11 is 6.12. The Labute approximate surface area is 131 Å². The van der Waals surface area contributed by atoms with Crippen molar-refractivity contribution in [3.63, 3.8) is 0 Å². The van der Waals surface area contributed by atoms with Crippen LogP contribution in [0.25, 0.3) is 0 Å². The van der Waals surface area contributed by atoms with Gasteiger partial charge in [-0.05, 0) is 55.3 Å². The van der Waals surface area contributed by atoms with Gasteiger partial charge in [0.2, 0.25) is 0 Å². The van der Waals surface area contributed by atoms with E-state index in [9.17, 15) is 0 Å². The molecule has 0 aliphatic rings. The molecule has 21 heavy (non-hydrogen) atoms. The fourth-order valence-electron chi connectivity index (χ4n) is 2.32. The monoisotopic (exact) mass is 304 g/mol. The van der Waals surface area contributed by atoms with Gasteiger partial charge in [-0.25, -0.2) is 0 Å². The van der Waals surface area contributed by atoms with Crippen molar-refractivity contribution in [3.05, 3.63) is 58.4 Å². The summed E-state index contributed by atoms with van der Waals surface area (Å²) in [7, 11) is 1.63. The molecule has 1 atom stereocenters. The van der Waals surface area contributed by atoms with E-state index in [-0.39, 0.29) is 6.04 Å². The van der Waals surface area contributed by atoms with Crippen molar-refractivity contribution in [2.75, 3.05) is 13.7 Å². The fourth-order valence-corrected chi connectivity index (χ4v) is 2.51. The minimum Gasteiger partial charge on any atom is -0.495 e. The Bertz CT molecular complexity index is 601. The topological polar surface area (TPSA) is 34.2 Å². The molecule has 0 amide bonds. The zero-order chi connectivity index (χ0) is 15.2.